The Kier molecular flexibility index (Phi) is 11.6. The van der Waals surface area contributed by atoms with E-state index < -0.39 is 0 Å². The van der Waals surface area contributed by atoms with Crippen LogP contribution in [0.1, 0.15) is 33.4 Å². The van der Waals surface area contributed by atoms with Gasteiger partial charge in [0.2, 0.25) is 0 Å². The number of ether oxygens (including phenoxy) is 2. The fraction of sp³-hybridized carbons (Fsp3) is 0.125. The molecule has 258 valence electrons. The quantitative estimate of drug-likeness (QED) is 0.101. The van der Waals surface area contributed by atoms with E-state index in [9.17, 15) is 0 Å². The third kappa shape index (κ3) is 9.92. The van der Waals surface area contributed by atoms with Crippen molar-refractivity contribution in [1.82, 2.24) is 0 Å². The van der Waals surface area contributed by atoms with Crippen LogP contribution in [0.25, 0.3) is 0 Å². The molecule has 0 aliphatic carbocycles. The molecule has 7 aromatic carbocycles. The van der Waals surface area contributed by atoms with Crippen LogP contribution in [0.5, 0.6) is 11.5 Å². The molecule has 0 saturated heterocycles. The van der Waals surface area contributed by atoms with Gasteiger partial charge in [-0.3, -0.25) is 0 Å². The minimum absolute atomic E-state index is 0.489. The zero-order valence-corrected chi connectivity index (χ0v) is 29.4. The summed E-state index contributed by atoms with van der Waals surface area (Å²) in [5, 5.41) is 0. The Hall–Kier alpha value is -6.26. The van der Waals surface area contributed by atoms with E-state index in [1.165, 1.54) is 22.3 Å². The van der Waals surface area contributed by atoms with Gasteiger partial charge in [-0.05, 0) is 57.6 Å². The monoisotopic (exact) mass is 680 g/mol. The highest BCUT2D eigenvalue weighted by Crippen LogP contribution is 2.27. The van der Waals surface area contributed by atoms with Crippen LogP contribution < -0.4 is 19.3 Å². The first-order valence-electron chi connectivity index (χ1n) is 17.9. The standard InChI is InChI=1S/C48H44N2O2/c1-5-15-39(16-6-1)33-49(34-40-17-7-2-8-18-40)45-23-13-25-47(31-45)51-37-43-27-29-44(30-28-43)38-52-48-26-14-24-46(32-48)50(35-41-19-9-3-10-20-41)36-42-21-11-4-12-22-42/h1-32H,33-38H2. The Morgan fingerprint density at radius 1 is 0.288 bits per heavy atom. The maximum Gasteiger partial charge on any atom is 0.121 e. The van der Waals surface area contributed by atoms with E-state index in [0.29, 0.717) is 13.2 Å². The summed E-state index contributed by atoms with van der Waals surface area (Å²) in [7, 11) is 0. The Bertz CT molecular complexity index is 1850. The number of hydrogen-bond acceptors (Lipinski definition) is 4. The number of benzene rings is 7. The molecule has 52 heavy (non-hydrogen) atoms. The molecule has 0 aliphatic heterocycles. The number of rotatable bonds is 16. The van der Waals surface area contributed by atoms with Crippen molar-refractivity contribution < 1.29 is 9.47 Å². The van der Waals surface area contributed by atoms with Crippen LogP contribution in [0.15, 0.2) is 194 Å². The van der Waals surface area contributed by atoms with Crippen molar-refractivity contribution >= 4 is 11.4 Å². The molecule has 4 nitrogen and oxygen atoms in total. The molecule has 0 fully saturated rings. The third-order valence-corrected chi connectivity index (χ3v) is 9.06. The molecule has 0 radical (unpaired) electrons. The molecule has 0 N–H and O–H groups in total. The molecule has 0 atom stereocenters. The summed E-state index contributed by atoms with van der Waals surface area (Å²) in [5.41, 5.74) is 9.57. The maximum absolute atomic E-state index is 6.31. The van der Waals surface area contributed by atoms with Gasteiger partial charge < -0.3 is 19.3 Å². The normalized spacial score (nSPS) is 10.8. The van der Waals surface area contributed by atoms with Crippen molar-refractivity contribution in [3.8, 4) is 11.5 Å². The average Bonchev–Trinajstić information content (AvgIpc) is 3.21. The summed E-state index contributed by atoms with van der Waals surface area (Å²) in [6.07, 6.45) is 0. The lowest BCUT2D eigenvalue weighted by atomic mass is 10.1. The van der Waals surface area contributed by atoms with Gasteiger partial charge in [0.25, 0.3) is 0 Å². The van der Waals surface area contributed by atoms with Gasteiger partial charge in [-0.25, -0.2) is 0 Å². The Balaban J connectivity index is 0.966. The molecule has 0 saturated carbocycles. The molecule has 0 heterocycles. The Labute approximate surface area is 308 Å². The summed E-state index contributed by atoms with van der Waals surface area (Å²) >= 11 is 0. The Morgan fingerprint density at radius 2 is 0.596 bits per heavy atom. The average molecular weight is 681 g/mol. The highest BCUT2D eigenvalue weighted by Gasteiger charge is 2.12. The molecule has 0 unspecified atom stereocenters. The SMILES string of the molecule is c1ccc(CN(Cc2ccccc2)c2cccc(OCc3ccc(COc4cccc(N(Cc5ccccc5)Cc5ccccc5)c4)cc3)c2)cc1. The maximum atomic E-state index is 6.31. The van der Waals surface area contributed by atoms with Crippen molar-refractivity contribution in [1.29, 1.82) is 0 Å². The van der Waals surface area contributed by atoms with Gasteiger partial charge in [0.05, 0.1) is 0 Å². The lowest BCUT2D eigenvalue weighted by Crippen LogP contribution is -2.22. The molecule has 0 spiro atoms. The van der Waals surface area contributed by atoms with E-state index in [4.69, 9.17) is 9.47 Å². The van der Waals surface area contributed by atoms with Gasteiger partial charge in [0.1, 0.15) is 24.7 Å². The molecule has 7 aromatic rings. The predicted octanol–water partition coefficient (Wildman–Crippen LogP) is 11.3. The molecule has 0 aliphatic rings. The second kappa shape index (κ2) is 17.6. The van der Waals surface area contributed by atoms with Gasteiger partial charge in [-0.1, -0.05) is 158 Å². The molecule has 0 aromatic heterocycles. The minimum atomic E-state index is 0.489. The third-order valence-electron chi connectivity index (χ3n) is 9.06. The van der Waals surface area contributed by atoms with Crippen LogP contribution in [0.3, 0.4) is 0 Å². The van der Waals surface area contributed by atoms with Gasteiger partial charge in [0.15, 0.2) is 0 Å². The summed E-state index contributed by atoms with van der Waals surface area (Å²) in [4.78, 5) is 4.79. The van der Waals surface area contributed by atoms with Crippen molar-refractivity contribution in [3.05, 3.63) is 228 Å². The van der Waals surface area contributed by atoms with Crippen molar-refractivity contribution in [2.45, 2.75) is 39.4 Å². The highest BCUT2D eigenvalue weighted by molar-refractivity contribution is 5.53. The predicted molar refractivity (Wildman–Crippen MR) is 214 cm³/mol. The van der Waals surface area contributed by atoms with E-state index in [2.05, 4.69) is 192 Å². The Morgan fingerprint density at radius 3 is 0.904 bits per heavy atom. The van der Waals surface area contributed by atoms with Crippen LogP contribution in [-0.4, -0.2) is 0 Å². The van der Waals surface area contributed by atoms with Crippen LogP contribution in [0, 0.1) is 0 Å². The van der Waals surface area contributed by atoms with Crippen molar-refractivity contribution in [2.24, 2.45) is 0 Å². The second-order valence-electron chi connectivity index (χ2n) is 13.0. The first-order valence-corrected chi connectivity index (χ1v) is 17.9. The van der Waals surface area contributed by atoms with E-state index in [1.54, 1.807) is 0 Å². The number of anilines is 2. The fourth-order valence-corrected chi connectivity index (χ4v) is 6.30. The largest absolute Gasteiger partial charge is 0.489 e. The van der Waals surface area contributed by atoms with Gasteiger partial charge >= 0.3 is 0 Å². The first-order chi connectivity index (χ1) is 25.7. The van der Waals surface area contributed by atoms with Crippen molar-refractivity contribution in [3.63, 3.8) is 0 Å². The summed E-state index contributed by atoms with van der Waals surface area (Å²) in [5.74, 6) is 1.70. The van der Waals surface area contributed by atoms with Crippen LogP contribution >= 0.6 is 0 Å². The summed E-state index contributed by atoms with van der Waals surface area (Å²) in [6, 6.07) is 67.8. The second-order valence-corrected chi connectivity index (χ2v) is 13.0. The molecular weight excluding hydrogens is 637 g/mol. The van der Waals surface area contributed by atoms with E-state index in [0.717, 1.165) is 60.2 Å². The first kappa shape index (κ1) is 34.2. The van der Waals surface area contributed by atoms with Crippen LogP contribution in [0.4, 0.5) is 11.4 Å². The molecule has 4 heteroatoms. The topological polar surface area (TPSA) is 24.9 Å². The van der Waals surface area contributed by atoms with E-state index in [1.807, 2.05) is 12.1 Å². The summed E-state index contributed by atoms with van der Waals surface area (Å²) in [6.45, 7) is 4.23. The smallest absolute Gasteiger partial charge is 0.121 e. The van der Waals surface area contributed by atoms with E-state index in [-0.39, 0.29) is 0 Å². The molecule has 0 amide bonds. The van der Waals surface area contributed by atoms with Gasteiger partial charge in [-0.15, -0.1) is 0 Å². The highest BCUT2D eigenvalue weighted by atomic mass is 16.5. The molecule has 0 bridgehead atoms. The number of nitrogens with zero attached hydrogens (tertiary/aromatic N) is 2. The molecular formula is C48H44N2O2. The fourth-order valence-electron chi connectivity index (χ4n) is 6.30. The number of hydrogen-bond donors (Lipinski definition) is 0. The molecule has 7 rings (SSSR count). The van der Waals surface area contributed by atoms with Crippen LogP contribution in [-0.2, 0) is 39.4 Å². The summed E-state index contributed by atoms with van der Waals surface area (Å²) < 4.78 is 12.6. The van der Waals surface area contributed by atoms with Crippen LogP contribution in [0.2, 0.25) is 0 Å². The zero-order valence-electron chi connectivity index (χ0n) is 29.4. The lowest BCUT2D eigenvalue weighted by Gasteiger charge is -2.26. The lowest BCUT2D eigenvalue weighted by molar-refractivity contribution is 0.302. The minimum Gasteiger partial charge on any atom is -0.489 e. The zero-order chi connectivity index (χ0) is 35.2. The van der Waals surface area contributed by atoms with Gasteiger partial charge in [0, 0.05) is 49.7 Å². The van der Waals surface area contributed by atoms with Crippen molar-refractivity contribution in [2.75, 3.05) is 9.80 Å². The van der Waals surface area contributed by atoms with Gasteiger partial charge in [-0.2, -0.15) is 0 Å². The van der Waals surface area contributed by atoms with E-state index >= 15 is 0 Å².